The Morgan fingerprint density at radius 3 is 2.32 bits per heavy atom. The van der Waals surface area contributed by atoms with E-state index >= 15 is 0 Å². The molecule has 10 heteroatoms. The molecule has 0 atom stereocenters. The molecule has 0 unspecified atom stereocenters. The highest BCUT2D eigenvalue weighted by Gasteiger charge is 2.33. The molecule has 0 spiro atoms. The molecule has 0 fully saturated rings. The molecule has 0 aromatic heterocycles. The molecule has 0 radical (unpaired) electrons. The first kappa shape index (κ1) is 19.7. The summed E-state index contributed by atoms with van der Waals surface area (Å²) in [5, 5.41) is -0.462. The van der Waals surface area contributed by atoms with Crippen LogP contribution in [-0.4, -0.2) is 15.0 Å². The lowest BCUT2D eigenvalue weighted by Gasteiger charge is -2.13. The van der Waals surface area contributed by atoms with Gasteiger partial charge in [0.1, 0.15) is 5.75 Å². The van der Waals surface area contributed by atoms with Crippen molar-refractivity contribution < 1.29 is 26.3 Å². The molecule has 2 aromatic rings. The SMILES string of the molecule is CCOc1ccc(S(=O)(=O)Nc2ccc(Cl)c(C(F)(F)F)c2)cc1Cl. The van der Waals surface area contributed by atoms with Crippen LogP contribution in [0.25, 0.3) is 0 Å². The molecule has 4 nitrogen and oxygen atoms in total. The maximum atomic E-state index is 12.9. The third-order valence-electron chi connectivity index (χ3n) is 3.04. The Hall–Kier alpha value is -1.64. The first-order valence-corrected chi connectivity index (χ1v) is 9.10. The van der Waals surface area contributed by atoms with Crippen LogP contribution < -0.4 is 9.46 Å². The van der Waals surface area contributed by atoms with Crippen LogP contribution in [0.15, 0.2) is 41.3 Å². The van der Waals surface area contributed by atoms with Gasteiger partial charge in [0.15, 0.2) is 0 Å². The van der Waals surface area contributed by atoms with Crippen molar-refractivity contribution in [2.24, 2.45) is 0 Å². The average molecular weight is 414 g/mol. The lowest BCUT2D eigenvalue weighted by Crippen LogP contribution is -2.14. The molecule has 0 saturated heterocycles. The largest absolute Gasteiger partial charge is 0.492 e. The maximum Gasteiger partial charge on any atom is 0.417 e. The predicted octanol–water partition coefficient (Wildman–Crippen LogP) is 5.21. The van der Waals surface area contributed by atoms with Gasteiger partial charge in [0.2, 0.25) is 0 Å². The number of benzene rings is 2. The zero-order valence-corrected chi connectivity index (χ0v) is 15.0. The quantitative estimate of drug-likeness (QED) is 0.731. The molecule has 1 N–H and O–H groups in total. The Morgan fingerprint density at radius 2 is 1.76 bits per heavy atom. The Balaban J connectivity index is 2.35. The molecule has 0 aliphatic heterocycles. The van der Waals surface area contributed by atoms with Crippen LogP contribution >= 0.6 is 23.2 Å². The van der Waals surface area contributed by atoms with Crippen molar-refractivity contribution in [1.82, 2.24) is 0 Å². The highest BCUT2D eigenvalue weighted by atomic mass is 35.5. The molecule has 2 rings (SSSR count). The van der Waals surface area contributed by atoms with E-state index in [1.807, 2.05) is 0 Å². The van der Waals surface area contributed by atoms with Crippen LogP contribution in [0.1, 0.15) is 12.5 Å². The third kappa shape index (κ3) is 4.71. The van der Waals surface area contributed by atoms with Crippen molar-refractivity contribution in [2.75, 3.05) is 11.3 Å². The van der Waals surface area contributed by atoms with E-state index < -0.39 is 26.8 Å². The number of hydrogen-bond donors (Lipinski definition) is 1. The average Bonchev–Trinajstić information content (AvgIpc) is 2.50. The van der Waals surface area contributed by atoms with Crippen molar-refractivity contribution in [3.05, 3.63) is 52.0 Å². The van der Waals surface area contributed by atoms with Crippen molar-refractivity contribution in [3.63, 3.8) is 0 Å². The van der Waals surface area contributed by atoms with Gasteiger partial charge in [-0.2, -0.15) is 13.2 Å². The smallest absolute Gasteiger partial charge is 0.417 e. The van der Waals surface area contributed by atoms with Gasteiger partial charge in [0.05, 0.1) is 27.1 Å². The van der Waals surface area contributed by atoms with Gasteiger partial charge in [-0.05, 0) is 43.3 Å². The first-order chi connectivity index (χ1) is 11.5. The molecule has 0 aliphatic carbocycles. The van der Waals surface area contributed by atoms with Gasteiger partial charge in [-0.3, -0.25) is 4.72 Å². The summed E-state index contributed by atoms with van der Waals surface area (Å²) in [4.78, 5) is -0.218. The maximum absolute atomic E-state index is 12.9. The molecular formula is C15H12Cl2F3NO3S. The van der Waals surface area contributed by atoms with E-state index in [1.165, 1.54) is 12.1 Å². The Kier molecular flexibility index (Phi) is 5.75. The summed E-state index contributed by atoms with van der Waals surface area (Å²) in [5.41, 5.74) is -1.42. The highest BCUT2D eigenvalue weighted by molar-refractivity contribution is 7.92. The van der Waals surface area contributed by atoms with E-state index in [0.29, 0.717) is 18.4 Å². The molecule has 0 amide bonds. The molecule has 0 aliphatic rings. The molecule has 0 bridgehead atoms. The van der Waals surface area contributed by atoms with Crippen LogP contribution in [0.5, 0.6) is 5.75 Å². The van der Waals surface area contributed by atoms with Crippen molar-refractivity contribution in [3.8, 4) is 5.75 Å². The fourth-order valence-electron chi connectivity index (χ4n) is 1.94. The van der Waals surface area contributed by atoms with Crippen LogP contribution in [0.2, 0.25) is 10.0 Å². The molecule has 136 valence electrons. The molecular weight excluding hydrogens is 402 g/mol. The van der Waals surface area contributed by atoms with Gasteiger partial charge < -0.3 is 4.74 Å². The number of rotatable bonds is 5. The van der Waals surface area contributed by atoms with E-state index in [2.05, 4.69) is 4.72 Å². The third-order valence-corrected chi connectivity index (χ3v) is 5.04. The number of nitrogens with one attached hydrogen (secondary N) is 1. The summed E-state index contributed by atoms with van der Waals surface area (Å²) in [6.07, 6.45) is -4.71. The molecule has 25 heavy (non-hydrogen) atoms. The minimum Gasteiger partial charge on any atom is -0.492 e. The van der Waals surface area contributed by atoms with Crippen molar-refractivity contribution >= 4 is 38.9 Å². The van der Waals surface area contributed by atoms with E-state index in [-0.39, 0.29) is 15.6 Å². The summed E-state index contributed by atoms with van der Waals surface area (Å²) in [6, 6.07) is 6.47. The van der Waals surface area contributed by atoms with E-state index in [4.69, 9.17) is 27.9 Å². The summed E-state index contributed by atoms with van der Waals surface area (Å²) >= 11 is 11.4. The second-order valence-electron chi connectivity index (χ2n) is 4.82. The number of ether oxygens (including phenoxy) is 1. The predicted molar refractivity (Wildman–Crippen MR) is 89.9 cm³/mol. The van der Waals surface area contributed by atoms with Crippen LogP contribution in [-0.2, 0) is 16.2 Å². The molecule has 0 saturated carbocycles. The zero-order chi connectivity index (χ0) is 18.8. The van der Waals surface area contributed by atoms with Gasteiger partial charge in [-0.25, -0.2) is 8.42 Å². The highest BCUT2D eigenvalue weighted by Crippen LogP contribution is 2.36. The van der Waals surface area contributed by atoms with Crippen LogP contribution in [0.3, 0.4) is 0 Å². The fraction of sp³-hybridized carbons (Fsp3) is 0.200. The standard InChI is InChI=1S/C15H12Cl2F3NO3S/c1-2-24-14-6-4-10(8-13(14)17)25(22,23)21-9-3-5-12(16)11(7-9)15(18,19)20/h3-8,21H,2H2,1H3. The van der Waals surface area contributed by atoms with Gasteiger partial charge >= 0.3 is 6.18 Å². The van der Waals surface area contributed by atoms with Crippen LogP contribution in [0.4, 0.5) is 18.9 Å². The van der Waals surface area contributed by atoms with Gasteiger partial charge in [0, 0.05) is 5.69 Å². The summed E-state index contributed by atoms with van der Waals surface area (Å²) in [6.45, 7) is 2.08. The normalized spacial score (nSPS) is 12.1. The van der Waals surface area contributed by atoms with E-state index in [0.717, 1.165) is 18.2 Å². The van der Waals surface area contributed by atoms with Crippen molar-refractivity contribution in [2.45, 2.75) is 18.0 Å². The fourth-order valence-corrected chi connectivity index (χ4v) is 3.54. The van der Waals surface area contributed by atoms with Gasteiger partial charge in [0.25, 0.3) is 10.0 Å². The zero-order valence-electron chi connectivity index (χ0n) is 12.7. The lowest BCUT2D eigenvalue weighted by atomic mass is 10.2. The molecule has 2 aromatic carbocycles. The van der Waals surface area contributed by atoms with Gasteiger partial charge in [-0.15, -0.1) is 0 Å². The summed E-state index contributed by atoms with van der Waals surface area (Å²) in [7, 11) is -4.14. The Bertz CT molecular complexity index is 886. The van der Waals surface area contributed by atoms with Crippen molar-refractivity contribution in [1.29, 1.82) is 0 Å². The molecule has 0 heterocycles. The minimum atomic E-state index is -4.71. The number of hydrogen-bond acceptors (Lipinski definition) is 3. The first-order valence-electron chi connectivity index (χ1n) is 6.86. The Labute approximate surface area is 152 Å². The Morgan fingerprint density at radius 1 is 1.08 bits per heavy atom. The summed E-state index contributed by atoms with van der Waals surface area (Å²) in [5.74, 6) is 0.300. The van der Waals surface area contributed by atoms with Crippen LogP contribution in [0, 0.1) is 0 Å². The van der Waals surface area contributed by atoms with E-state index in [1.54, 1.807) is 6.92 Å². The van der Waals surface area contributed by atoms with Gasteiger partial charge in [-0.1, -0.05) is 23.2 Å². The number of halogens is 5. The summed E-state index contributed by atoms with van der Waals surface area (Å²) < 4.78 is 70.5. The number of anilines is 1. The second kappa shape index (κ2) is 7.31. The minimum absolute atomic E-state index is 0.0665. The lowest BCUT2D eigenvalue weighted by molar-refractivity contribution is -0.137. The number of alkyl halides is 3. The topological polar surface area (TPSA) is 55.4 Å². The number of sulfonamides is 1. The van der Waals surface area contributed by atoms with E-state index in [9.17, 15) is 21.6 Å². The monoisotopic (exact) mass is 413 g/mol. The second-order valence-corrected chi connectivity index (χ2v) is 7.32.